The fourth-order valence-corrected chi connectivity index (χ4v) is 2.38. The summed E-state index contributed by atoms with van der Waals surface area (Å²) < 4.78 is 5.49. The molecule has 23 heavy (non-hydrogen) atoms. The van der Waals surface area contributed by atoms with Gasteiger partial charge in [0.15, 0.2) is 0 Å². The molecule has 0 aliphatic heterocycles. The minimum atomic E-state index is -1.44. The maximum absolute atomic E-state index is 11.4. The minimum Gasteiger partial charge on any atom is -0.481 e. The Morgan fingerprint density at radius 2 is 1.83 bits per heavy atom. The fourth-order valence-electron chi connectivity index (χ4n) is 2.38. The number of aliphatic hydroxyl groups is 2. The lowest BCUT2D eigenvalue weighted by Gasteiger charge is -2.37. The van der Waals surface area contributed by atoms with Crippen molar-refractivity contribution in [1.82, 2.24) is 0 Å². The Hall–Kier alpha value is -1.96. The van der Waals surface area contributed by atoms with E-state index in [1.54, 1.807) is 0 Å². The quantitative estimate of drug-likeness (QED) is 0.500. The number of aliphatic carboxylic acids is 2. The lowest BCUT2D eigenvalue weighted by atomic mass is 9.71. The highest BCUT2D eigenvalue weighted by Crippen LogP contribution is 2.35. The first-order chi connectivity index (χ1) is 10.8. The summed E-state index contributed by atoms with van der Waals surface area (Å²) in [7, 11) is 0. The molecule has 0 spiro atoms. The predicted octanol–water partition coefficient (Wildman–Crippen LogP) is 0.738. The largest absolute Gasteiger partial charge is 0.481 e. The van der Waals surface area contributed by atoms with E-state index >= 15 is 0 Å². The van der Waals surface area contributed by atoms with Gasteiger partial charge in [-0.2, -0.15) is 0 Å². The molecule has 1 rings (SSSR count). The Bertz CT molecular complexity index is 516. The van der Waals surface area contributed by atoms with E-state index in [4.69, 9.17) is 9.84 Å². The average molecular weight is 326 g/mol. The second-order valence-corrected chi connectivity index (χ2v) is 5.67. The molecule has 0 aromatic heterocycles. The first-order valence-electron chi connectivity index (χ1n) is 7.16. The third-order valence-corrected chi connectivity index (χ3v) is 3.93. The molecule has 1 unspecified atom stereocenters. The van der Waals surface area contributed by atoms with Gasteiger partial charge in [-0.1, -0.05) is 37.3 Å². The van der Waals surface area contributed by atoms with Gasteiger partial charge in [0.1, 0.15) is 0 Å². The highest BCUT2D eigenvalue weighted by molar-refractivity contribution is 5.78. The van der Waals surface area contributed by atoms with Gasteiger partial charge in [0.25, 0.3) is 0 Å². The third kappa shape index (κ3) is 5.31. The normalized spacial score (nSPS) is 16.3. The summed E-state index contributed by atoms with van der Waals surface area (Å²) in [4.78, 5) is 22.3. The summed E-state index contributed by atoms with van der Waals surface area (Å²) in [5.74, 6) is -4.04. The topological polar surface area (TPSA) is 124 Å². The number of benzene rings is 1. The fraction of sp³-hybridized carbons (Fsp3) is 0.500. The van der Waals surface area contributed by atoms with Crippen molar-refractivity contribution in [1.29, 1.82) is 0 Å². The Balaban J connectivity index is 2.87. The predicted molar refractivity (Wildman–Crippen MR) is 80.7 cm³/mol. The highest BCUT2D eigenvalue weighted by Gasteiger charge is 2.46. The number of hydrogen-bond acceptors (Lipinski definition) is 5. The van der Waals surface area contributed by atoms with Gasteiger partial charge in [0.05, 0.1) is 38.3 Å². The molecule has 7 heteroatoms. The van der Waals surface area contributed by atoms with Crippen LogP contribution in [0.3, 0.4) is 0 Å². The van der Waals surface area contributed by atoms with Crippen molar-refractivity contribution in [3.63, 3.8) is 0 Å². The standard InChI is InChI=1S/C16H22O7/c1-16(13(18)8-17,12(15(21)22)7-14(19)20)10-23-9-11-5-3-2-4-6-11/h2-6,12-13,17-18H,7-10H2,1H3,(H,19,20)(H,21,22)/t12?,13-,16+/m1/s1. The van der Waals surface area contributed by atoms with Gasteiger partial charge >= 0.3 is 11.9 Å². The average Bonchev–Trinajstić information content (AvgIpc) is 2.52. The summed E-state index contributed by atoms with van der Waals surface area (Å²) in [6, 6.07) is 9.14. The van der Waals surface area contributed by atoms with E-state index in [0.29, 0.717) is 0 Å². The zero-order valence-corrected chi connectivity index (χ0v) is 12.9. The van der Waals surface area contributed by atoms with Crippen LogP contribution in [0.4, 0.5) is 0 Å². The van der Waals surface area contributed by atoms with Crippen LogP contribution >= 0.6 is 0 Å². The first kappa shape index (κ1) is 19.1. The molecule has 0 heterocycles. The molecule has 1 aromatic carbocycles. The molecule has 4 N–H and O–H groups in total. The summed E-state index contributed by atoms with van der Waals surface area (Å²) in [5.41, 5.74) is -0.577. The molecule has 0 aliphatic rings. The summed E-state index contributed by atoms with van der Waals surface area (Å²) in [5, 5.41) is 37.4. The van der Waals surface area contributed by atoms with Crippen molar-refractivity contribution in [2.24, 2.45) is 11.3 Å². The maximum atomic E-state index is 11.4. The van der Waals surface area contributed by atoms with Crippen molar-refractivity contribution in [2.45, 2.75) is 26.1 Å². The van der Waals surface area contributed by atoms with Crippen molar-refractivity contribution < 1.29 is 34.8 Å². The van der Waals surface area contributed by atoms with E-state index in [1.807, 2.05) is 30.3 Å². The van der Waals surface area contributed by atoms with E-state index in [0.717, 1.165) is 5.56 Å². The minimum absolute atomic E-state index is 0.188. The molecule has 0 bridgehead atoms. The van der Waals surface area contributed by atoms with E-state index in [-0.39, 0.29) is 13.2 Å². The van der Waals surface area contributed by atoms with Crippen molar-refractivity contribution in [2.75, 3.05) is 13.2 Å². The van der Waals surface area contributed by atoms with Gasteiger partial charge < -0.3 is 25.2 Å². The van der Waals surface area contributed by atoms with E-state index in [2.05, 4.69) is 0 Å². The molecule has 128 valence electrons. The van der Waals surface area contributed by atoms with Crippen molar-refractivity contribution in [3.8, 4) is 0 Å². The summed E-state index contributed by atoms with van der Waals surface area (Å²) >= 11 is 0. The highest BCUT2D eigenvalue weighted by atomic mass is 16.5. The zero-order chi connectivity index (χ0) is 17.5. The van der Waals surface area contributed by atoms with Crippen LogP contribution in [0.25, 0.3) is 0 Å². The second-order valence-electron chi connectivity index (χ2n) is 5.67. The van der Waals surface area contributed by atoms with Gasteiger partial charge in [-0.3, -0.25) is 9.59 Å². The molecule has 0 saturated carbocycles. The Morgan fingerprint density at radius 3 is 2.30 bits per heavy atom. The lowest BCUT2D eigenvalue weighted by Crippen LogP contribution is -2.48. The summed E-state index contributed by atoms with van der Waals surface area (Å²) in [6.45, 7) is 0.705. The number of rotatable bonds is 10. The molecular formula is C16H22O7. The van der Waals surface area contributed by atoms with Crippen LogP contribution in [0.1, 0.15) is 18.9 Å². The van der Waals surface area contributed by atoms with Crippen LogP contribution in [-0.2, 0) is 20.9 Å². The molecule has 3 atom stereocenters. The lowest BCUT2D eigenvalue weighted by molar-refractivity contribution is -0.163. The Morgan fingerprint density at radius 1 is 1.22 bits per heavy atom. The number of carboxylic acids is 2. The van der Waals surface area contributed by atoms with Crippen LogP contribution < -0.4 is 0 Å². The Labute approximate surface area is 134 Å². The maximum Gasteiger partial charge on any atom is 0.307 e. The number of carbonyl (C=O) groups is 2. The Kier molecular flexibility index (Phi) is 7.15. The van der Waals surface area contributed by atoms with Crippen LogP contribution in [0, 0.1) is 11.3 Å². The van der Waals surface area contributed by atoms with E-state index in [1.165, 1.54) is 6.92 Å². The number of carboxylic acid groups (broad SMARTS) is 2. The van der Waals surface area contributed by atoms with Gasteiger partial charge in [0.2, 0.25) is 0 Å². The molecular weight excluding hydrogens is 304 g/mol. The first-order valence-corrected chi connectivity index (χ1v) is 7.16. The second kappa shape index (κ2) is 8.61. The van der Waals surface area contributed by atoms with Crippen molar-refractivity contribution >= 4 is 11.9 Å². The van der Waals surface area contributed by atoms with Gasteiger partial charge in [-0.05, 0) is 5.56 Å². The number of hydrogen-bond donors (Lipinski definition) is 4. The van der Waals surface area contributed by atoms with Crippen LogP contribution in [0.2, 0.25) is 0 Å². The van der Waals surface area contributed by atoms with Gasteiger partial charge in [0, 0.05) is 5.41 Å². The van der Waals surface area contributed by atoms with Crippen LogP contribution in [-0.4, -0.2) is 51.7 Å². The molecule has 0 radical (unpaired) electrons. The van der Waals surface area contributed by atoms with E-state index in [9.17, 15) is 24.9 Å². The molecule has 0 fully saturated rings. The number of aliphatic hydroxyl groups excluding tert-OH is 2. The van der Waals surface area contributed by atoms with Crippen LogP contribution in [0.5, 0.6) is 0 Å². The third-order valence-electron chi connectivity index (χ3n) is 3.93. The molecule has 1 aromatic rings. The number of ether oxygens (including phenoxy) is 1. The molecule has 7 nitrogen and oxygen atoms in total. The molecule has 0 saturated heterocycles. The van der Waals surface area contributed by atoms with E-state index < -0.39 is 42.4 Å². The monoisotopic (exact) mass is 326 g/mol. The zero-order valence-electron chi connectivity index (χ0n) is 12.9. The van der Waals surface area contributed by atoms with Crippen LogP contribution in [0.15, 0.2) is 30.3 Å². The summed E-state index contributed by atoms with van der Waals surface area (Å²) in [6.07, 6.45) is -2.09. The van der Waals surface area contributed by atoms with Gasteiger partial charge in [-0.15, -0.1) is 0 Å². The molecule has 0 amide bonds. The molecule has 0 aliphatic carbocycles. The smallest absolute Gasteiger partial charge is 0.307 e. The SMILES string of the molecule is C[C@](COCc1ccccc1)(C(CC(=O)O)C(=O)O)[C@H](O)CO. The van der Waals surface area contributed by atoms with Gasteiger partial charge in [-0.25, -0.2) is 0 Å². The van der Waals surface area contributed by atoms with Crippen molar-refractivity contribution in [3.05, 3.63) is 35.9 Å².